The fraction of sp³-hybridized carbons (Fsp3) is 0.351. The standard InChI is InChI=1S/C37H44N2O4S/c1-4-7-21-42-22-23-43-36-16-13-31(14-17-36)33-11-10-30(6-3)32(25-33)12-15-35(40)24-29-8-18-37(19-9-29)44(41)27-34-26-38-28-39(34)20-5-2/h8-19,25-26,28H,4-7,20-24,27H2,1-3H3/b15-12+. The predicted octanol–water partition coefficient (Wildman–Crippen LogP) is 7.85. The number of carbonyl (C=O) groups is 1. The van der Waals surface area contributed by atoms with Crippen molar-refractivity contribution in [3.63, 3.8) is 0 Å². The summed E-state index contributed by atoms with van der Waals surface area (Å²) >= 11 is 0. The number of rotatable bonds is 18. The second-order valence-corrected chi connectivity index (χ2v) is 12.2. The topological polar surface area (TPSA) is 70.4 Å². The van der Waals surface area contributed by atoms with E-state index in [-0.39, 0.29) is 5.78 Å². The Balaban J connectivity index is 1.33. The largest absolute Gasteiger partial charge is 0.491 e. The van der Waals surface area contributed by atoms with Gasteiger partial charge in [-0.3, -0.25) is 9.00 Å². The first kappa shape index (κ1) is 33.1. The van der Waals surface area contributed by atoms with E-state index in [2.05, 4.69) is 60.7 Å². The number of unbranched alkanes of at least 4 members (excludes halogenated alkanes) is 1. The van der Waals surface area contributed by atoms with Crippen molar-refractivity contribution in [2.45, 2.75) is 70.1 Å². The summed E-state index contributed by atoms with van der Waals surface area (Å²) in [5, 5.41) is 0. The highest BCUT2D eigenvalue weighted by Gasteiger charge is 2.10. The number of aromatic nitrogens is 2. The number of benzene rings is 3. The number of nitrogens with zero attached hydrogens (tertiary/aromatic N) is 2. The van der Waals surface area contributed by atoms with Crippen LogP contribution in [0.1, 0.15) is 62.4 Å². The minimum atomic E-state index is -1.17. The van der Waals surface area contributed by atoms with E-state index >= 15 is 0 Å². The molecule has 4 aromatic rings. The van der Waals surface area contributed by atoms with Crippen LogP contribution in [0.2, 0.25) is 0 Å². The van der Waals surface area contributed by atoms with Gasteiger partial charge in [0.15, 0.2) is 5.78 Å². The zero-order valence-corrected chi connectivity index (χ0v) is 27.0. The molecular formula is C37H44N2O4S. The maximum absolute atomic E-state index is 12.9. The predicted molar refractivity (Wildman–Crippen MR) is 179 cm³/mol. The first-order chi connectivity index (χ1) is 21.5. The molecule has 1 unspecified atom stereocenters. The van der Waals surface area contributed by atoms with Crippen molar-refractivity contribution in [1.29, 1.82) is 0 Å². The number of ketones is 1. The van der Waals surface area contributed by atoms with Gasteiger partial charge in [-0.25, -0.2) is 4.98 Å². The maximum atomic E-state index is 12.9. The van der Waals surface area contributed by atoms with Crippen molar-refractivity contribution in [1.82, 2.24) is 9.55 Å². The quantitative estimate of drug-likeness (QED) is 0.0845. The SMILES string of the molecule is CCCCOCCOc1ccc(-c2ccc(CC)c(/C=C/C(=O)Cc3ccc(S(=O)Cc4cncn4CCC)cc3)c2)cc1. The Hall–Kier alpha value is -3.81. The normalized spacial score (nSPS) is 12.1. The summed E-state index contributed by atoms with van der Waals surface area (Å²) in [5.41, 5.74) is 6.27. The van der Waals surface area contributed by atoms with E-state index in [1.54, 1.807) is 18.6 Å². The molecule has 4 rings (SSSR count). The molecule has 1 aromatic heterocycles. The third kappa shape index (κ3) is 9.86. The fourth-order valence-corrected chi connectivity index (χ4v) is 6.01. The fourth-order valence-electron chi connectivity index (χ4n) is 4.89. The molecule has 0 saturated heterocycles. The Morgan fingerprint density at radius 1 is 0.909 bits per heavy atom. The van der Waals surface area contributed by atoms with E-state index < -0.39 is 10.8 Å². The van der Waals surface area contributed by atoms with Gasteiger partial charge in [0.2, 0.25) is 0 Å². The first-order valence-corrected chi connectivity index (χ1v) is 16.9. The molecule has 0 aliphatic rings. The molecule has 0 spiro atoms. The highest BCUT2D eigenvalue weighted by molar-refractivity contribution is 7.84. The zero-order chi connectivity index (χ0) is 31.1. The van der Waals surface area contributed by atoms with E-state index in [9.17, 15) is 9.00 Å². The molecule has 0 bridgehead atoms. The Bertz CT molecular complexity index is 1520. The van der Waals surface area contributed by atoms with Crippen molar-refractivity contribution in [3.8, 4) is 16.9 Å². The van der Waals surface area contributed by atoms with E-state index in [4.69, 9.17) is 9.47 Å². The summed E-state index contributed by atoms with van der Waals surface area (Å²) in [5.74, 6) is 1.27. The molecule has 0 fully saturated rings. The highest BCUT2D eigenvalue weighted by Crippen LogP contribution is 2.26. The Morgan fingerprint density at radius 3 is 2.41 bits per heavy atom. The summed E-state index contributed by atoms with van der Waals surface area (Å²) in [6.45, 7) is 9.15. The van der Waals surface area contributed by atoms with Crippen molar-refractivity contribution >= 4 is 22.7 Å². The van der Waals surface area contributed by atoms with Gasteiger partial charge in [-0.1, -0.05) is 69.7 Å². The molecule has 1 atom stereocenters. The lowest BCUT2D eigenvalue weighted by molar-refractivity contribution is -0.113. The third-order valence-corrected chi connectivity index (χ3v) is 8.76. The number of carbonyl (C=O) groups excluding carboxylic acids is 1. The second kappa shape index (κ2) is 17.5. The molecule has 3 aromatic carbocycles. The summed E-state index contributed by atoms with van der Waals surface area (Å²) < 4.78 is 26.4. The molecule has 1 heterocycles. The molecule has 0 amide bonds. The Labute approximate surface area is 264 Å². The van der Waals surface area contributed by atoms with Crippen molar-refractivity contribution < 1.29 is 18.5 Å². The molecule has 7 heteroatoms. The minimum Gasteiger partial charge on any atom is -0.491 e. The van der Waals surface area contributed by atoms with Crippen LogP contribution < -0.4 is 4.74 Å². The molecule has 0 radical (unpaired) electrons. The lowest BCUT2D eigenvalue weighted by Gasteiger charge is -2.10. The molecule has 0 aliphatic carbocycles. The zero-order valence-electron chi connectivity index (χ0n) is 26.2. The van der Waals surface area contributed by atoms with Gasteiger partial charge in [0, 0.05) is 30.7 Å². The summed E-state index contributed by atoms with van der Waals surface area (Å²) in [7, 11) is -1.17. The maximum Gasteiger partial charge on any atom is 0.160 e. The van der Waals surface area contributed by atoms with E-state index in [0.29, 0.717) is 25.4 Å². The van der Waals surface area contributed by atoms with Crippen LogP contribution in [-0.2, 0) is 45.5 Å². The molecule has 0 N–H and O–H groups in total. The van der Waals surface area contributed by atoms with Gasteiger partial charge in [0.1, 0.15) is 12.4 Å². The molecule has 0 saturated carbocycles. The monoisotopic (exact) mass is 612 g/mol. The summed E-state index contributed by atoms with van der Waals surface area (Å²) in [6.07, 6.45) is 11.5. The highest BCUT2D eigenvalue weighted by atomic mass is 32.2. The molecule has 232 valence electrons. The third-order valence-electron chi connectivity index (χ3n) is 7.41. The molecular weight excluding hydrogens is 568 g/mol. The average Bonchev–Trinajstić information content (AvgIpc) is 3.48. The second-order valence-electron chi connectivity index (χ2n) is 10.8. The van der Waals surface area contributed by atoms with Crippen LogP contribution in [0, 0.1) is 0 Å². The van der Waals surface area contributed by atoms with Crippen LogP contribution in [0.15, 0.2) is 90.2 Å². The average molecular weight is 613 g/mol. The van der Waals surface area contributed by atoms with Gasteiger partial charge in [-0.15, -0.1) is 0 Å². The first-order valence-electron chi connectivity index (χ1n) is 15.6. The molecule has 0 aliphatic heterocycles. The van der Waals surface area contributed by atoms with Crippen LogP contribution in [0.4, 0.5) is 0 Å². The van der Waals surface area contributed by atoms with E-state index in [0.717, 1.165) is 77.4 Å². The van der Waals surface area contributed by atoms with Gasteiger partial charge in [-0.2, -0.15) is 0 Å². The Morgan fingerprint density at radius 2 is 1.68 bits per heavy atom. The number of aryl methyl sites for hydroxylation is 2. The van der Waals surface area contributed by atoms with Crippen molar-refractivity contribution in [2.24, 2.45) is 0 Å². The van der Waals surface area contributed by atoms with Crippen molar-refractivity contribution in [3.05, 3.63) is 108 Å². The minimum absolute atomic E-state index is 0.0231. The van der Waals surface area contributed by atoms with E-state index in [1.165, 1.54) is 5.56 Å². The van der Waals surface area contributed by atoms with Gasteiger partial charge in [0.25, 0.3) is 0 Å². The smallest absolute Gasteiger partial charge is 0.160 e. The number of hydrogen-bond acceptors (Lipinski definition) is 5. The summed E-state index contributed by atoms with van der Waals surface area (Å²) in [4.78, 5) is 17.8. The van der Waals surface area contributed by atoms with Crippen molar-refractivity contribution in [2.75, 3.05) is 19.8 Å². The van der Waals surface area contributed by atoms with Crippen LogP contribution in [-0.4, -0.2) is 39.4 Å². The molecule has 44 heavy (non-hydrogen) atoms. The van der Waals surface area contributed by atoms with Crippen LogP contribution in [0.25, 0.3) is 17.2 Å². The van der Waals surface area contributed by atoms with E-state index in [1.807, 2.05) is 42.5 Å². The number of ether oxygens (including phenoxy) is 2. The molecule has 6 nitrogen and oxygen atoms in total. The van der Waals surface area contributed by atoms with Crippen LogP contribution >= 0.6 is 0 Å². The lowest BCUT2D eigenvalue weighted by atomic mass is 9.97. The number of hydrogen-bond donors (Lipinski definition) is 0. The Kier molecular flexibility index (Phi) is 13.1. The van der Waals surface area contributed by atoms with Crippen LogP contribution in [0.3, 0.4) is 0 Å². The van der Waals surface area contributed by atoms with Gasteiger partial charge in [0.05, 0.1) is 35.2 Å². The summed E-state index contributed by atoms with van der Waals surface area (Å²) in [6, 6.07) is 22.0. The number of imidazole rings is 1. The van der Waals surface area contributed by atoms with Gasteiger partial charge < -0.3 is 14.0 Å². The number of allylic oxidation sites excluding steroid dienone is 1. The van der Waals surface area contributed by atoms with Gasteiger partial charge >= 0.3 is 0 Å². The van der Waals surface area contributed by atoms with Gasteiger partial charge in [-0.05, 0) is 83.5 Å². The lowest BCUT2D eigenvalue weighted by Crippen LogP contribution is -2.07. The van der Waals surface area contributed by atoms with Crippen LogP contribution in [0.5, 0.6) is 5.75 Å².